The topological polar surface area (TPSA) is 287 Å². The van der Waals surface area contributed by atoms with Crippen molar-refractivity contribution in [3.8, 4) is 17.2 Å². The average molecular weight is 1050 g/mol. The highest BCUT2D eigenvalue weighted by atomic mass is 16.5. The summed E-state index contributed by atoms with van der Waals surface area (Å²) in [5.74, 6) is 1.54. The van der Waals surface area contributed by atoms with Crippen LogP contribution in [0.25, 0.3) is 32.7 Å². The van der Waals surface area contributed by atoms with Gasteiger partial charge in [-0.15, -0.1) is 0 Å². The van der Waals surface area contributed by atoms with Gasteiger partial charge in [0.15, 0.2) is 17.9 Å². The van der Waals surface area contributed by atoms with Crippen LogP contribution < -0.4 is 47.4 Å². The molecule has 412 valence electrons. The lowest BCUT2D eigenvalue weighted by molar-refractivity contribution is 0.0964. The first-order valence-electron chi connectivity index (χ1n) is 26.0. The van der Waals surface area contributed by atoms with Gasteiger partial charge >= 0.3 is 0 Å². The molecule has 3 aromatic heterocycles. The summed E-state index contributed by atoms with van der Waals surface area (Å²) in [4.78, 5) is 64.3. The van der Waals surface area contributed by atoms with Gasteiger partial charge in [0.2, 0.25) is 0 Å². The van der Waals surface area contributed by atoms with Crippen molar-refractivity contribution < 1.29 is 28.6 Å². The molecule has 21 nitrogen and oxygen atoms in total. The summed E-state index contributed by atoms with van der Waals surface area (Å²) in [5.41, 5.74) is 23.7. The molecule has 0 spiro atoms. The number of hydrogen-bond donors (Lipinski definition) is 9. The van der Waals surface area contributed by atoms with Gasteiger partial charge in [-0.2, -0.15) is 0 Å². The fraction of sp³-hybridized carbons (Fsp3) is 0.455. The van der Waals surface area contributed by atoms with Crippen LogP contribution in [0.3, 0.4) is 0 Å². The van der Waals surface area contributed by atoms with E-state index in [0.29, 0.717) is 36.9 Å². The highest BCUT2D eigenvalue weighted by molar-refractivity contribution is 6.09. The number of hydrogen-bond acceptors (Lipinski definition) is 12. The monoisotopic (exact) mass is 1050 g/mol. The number of aryl methyl sites for hydroxylation is 3. The second kappa shape index (κ2) is 29.5. The standard InChI is InChI=1S/C19H27N5O2.C19H29N5O2.C17H25N5O2/c1-13-6-7-16(26-11-5-10-24-8-3-4-9-24)17-14(13)12-15(22-17)18(25)23-19(20)21-2;1-5-24(6-2)10-7-11-26-16-9-8-13(3)14-12-15(22-17(14)16)18(25)23-19(20)21-4;1-11-6-7-14(24-9-5-8-22(3)4)15-12(11)10-13(20-15)16(23)21-17(18)19-2/h6-7,12,22H,3-5,8-11H2,1-2H3,(H3,20,21,23,25);8-9,12,22H,5-7,10-11H2,1-4H3,(H3,20,21,23,25);6-7,10,20H,5,8-9H2,1-4H3,(H3,18,19,21,23). The molecule has 0 bridgehead atoms. The molecular weight excluding hydrogens is 967 g/mol. The molecule has 21 heteroatoms. The second-order valence-electron chi connectivity index (χ2n) is 18.7. The summed E-state index contributed by atoms with van der Waals surface area (Å²) in [6, 6.07) is 17.2. The van der Waals surface area contributed by atoms with Gasteiger partial charge < -0.3 is 61.1 Å². The molecule has 4 heterocycles. The first kappa shape index (κ1) is 59.3. The van der Waals surface area contributed by atoms with Crippen LogP contribution >= 0.6 is 0 Å². The Hall–Kier alpha value is -7.62. The molecule has 1 saturated heterocycles. The van der Waals surface area contributed by atoms with Gasteiger partial charge in [-0.25, -0.2) is 0 Å². The Morgan fingerprint density at radius 2 is 0.908 bits per heavy atom. The zero-order valence-corrected chi connectivity index (χ0v) is 46.2. The van der Waals surface area contributed by atoms with Crippen molar-refractivity contribution in [2.45, 2.75) is 66.7 Å². The fourth-order valence-electron chi connectivity index (χ4n) is 8.50. The number of rotatable bonds is 20. The third-order valence-electron chi connectivity index (χ3n) is 13.0. The average Bonchev–Trinajstić information content (AvgIpc) is 4.26. The van der Waals surface area contributed by atoms with Crippen molar-refractivity contribution in [1.29, 1.82) is 0 Å². The zero-order chi connectivity index (χ0) is 55.3. The van der Waals surface area contributed by atoms with Gasteiger partial charge in [0.1, 0.15) is 34.3 Å². The molecule has 3 amide bonds. The molecule has 0 unspecified atom stereocenters. The molecule has 3 aromatic carbocycles. The van der Waals surface area contributed by atoms with Crippen LogP contribution in [0, 0.1) is 20.8 Å². The molecular formula is C55H81N15O6. The highest BCUT2D eigenvalue weighted by Crippen LogP contribution is 2.31. The highest BCUT2D eigenvalue weighted by Gasteiger charge is 2.18. The van der Waals surface area contributed by atoms with E-state index in [2.05, 4.69) is 74.4 Å². The summed E-state index contributed by atoms with van der Waals surface area (Å²) < 4.78 is 17.8. The Morgan fingerprint density at radius 3 is 1.24 bits per heavy atom. The van der Waals surface area contributed by atoms with E-state index in [1.54, 1.807) is 6.07 Å². The third kappa shape index (κ3) is 17.0. The third-order valence-corrected chi connectivity index (χ3v) is 13.0. The first-order chi connectivity index (χ1) is 36.5. The number of nitrogens with two attached hydrogens (primary N) is 3. The summed E-state index contributed by atoms with van der Waals surface area (Å²) in [6.07, 6.45) is 5.49. The fourth-order valence-corrected chi connectivity index (χ4v) is 8.50. The molecule has 1 fully saturated rings. The van der Waals surface area contributed by atoms with E-state index in [4.69, 9.17) is 31.4 Å². The van der Waals surface area contributed by atoms with Crippen LogP contribution in [-0.2, 0) is 0 Å². The largest absolute Gasteiger partial charge is 0.491 e. The minimum atomic E-state index is -0.327. The van der Waals surface area contributed by atoms with Crippen molar-refractivity contribution in [3.05, 3.63) is 88.4 Å². The number of carbonyl (C=O) groups excluding carboxylic acids is 3. The van der Waals surface area contributed by atoms with Crippen molar-refractivity contribution in [2.24, 2.45) is 32.2 Å². The summed E-state index contributed by atoms with van der Waals surface area (Å²) >= 11 is 0. The number of carbonyl (C=O) groups is 3. The van der Waals surface area contributed by atoms with E-state index in [1.807, 2.05) is 83.4 Å². The van der Waals surface area contributed by atoms with Crippen molar-refractivity contribution in [1.82, 2.24) is 45.6 Å². The summed E-state index contributed by atoms with van der Waals surface area (Å²) in [5, 5.41) is 10.5. The maximum Gasteiger partial charge on any atom is 0.274 e. The van der Waals surface area contributed by atoms with Crippen LogP contribution in [0.5, 0.6) is 17.2 Å². The van der Waals surface area contributed by atoms with Crippen LogP contribution in [0.1, 0.15) is 94.1 Å². The minimum Gasteiger partial charge on any atom is -0.491 e. The molecule has 6 aromatic rings. The van der Waals surface area contributed by atoms with Gasteiger partial charge in [-0.05, 0) is 146 Å². The molecule has 7 rings (SSSR count). The number of likely N-dealkylation sites (tertiary alicyclic amines) is 1. The zero-order valence-electron chi connectivity index (χ0n) is 46.2. The van der Waals surface area contributed by atoms with E-state index >= 15 is 0 Å². The number of nitrogens with zero attached hydrogens (tertiary/aromatic N) is 6. The van der Waals surface area contributed by atoms with E-state index in [1.165, 1.54) is 47.1 Å². The molecule has 1 aliphatic rings. The van der Waals surface area contributed by atoms with Gasteiger partial charge in [0, 0.05) is 56.9 Å². The van der Waals surface area contributed by atoms with Crippen molar-refractivity contribution >= 4 is 68.3 Å². The maximum absolute atomic E-state index is 12.3. The number of guanidine groups is 3. The predicted molar refractivity (Wildman–Crippen MR) is 306 cm³/mol. The molecule has 0 saturated carbocycles. The maximum atomic E-state index is 12.3. The van der Waals surface area contributed by atoms with Crippen LogP contribution in [-0.4, -0.2) is 166 Å². The molecule has 0 atom stereocenters. The molecule has 76 heavy (non-hydrogen) atoms. The number of amides is 3. The van der Waals surface area contributed by atoms with Crippen molar-refractivity contribution in [3.63, 3.8) is 0 Å². The molecule has 1 aliphatic heterocycles. The normalized spacial score (nSPS) is 13.2. The summed E-state index contributed by atoms with van der Waals surface area (Å²) in [7, 11) is 8.63. The predicted octanol–water partition coefficient (Wildman–Crippen LogP) is 5.76. The lowest BCUT2D eigenvalue weighted by Crippen LogP contribution is -2.36. The van der Waals surface area contributed by atoms with Crippen molar-refractivity contribution in [2.75, 3.05) is 101 Å². The van der Waals surface area contributed by atoms with Crippen LogP contribution in [0.4, 0.5) is 0 Å². The first-order valence-corrected chi connectivity index (χ1v) is 26.0. The lowest BCUT2D eigenvalue weighted by atomic mass is 10.1. The number of aliphatic imine (C=N–C) groups is 3. The number of aromatic nitrogens is 3. The number of ether oxygens (including phenoxy) is 3. The number of fused-ring (bicyclic) bond motifs is 3. The van der Waals surface area contributed by atoms with E-state index in [-0.39, 0.29) is 35.6 Å². The van der Waals surface area contributed by atoms with E-state index in [0.717, 1.165) is 119 Å². The quantitative estimate of drug-likeness (QED) is 0.0251. The second-order valence-corrected chi connectivity index (χ2v) is 18.7. The van der Waals surface area contributed by atoms with E-state index < -0.39 is 0 Å². The Balaban J connectivity index is 0.000000211. The van der Waals surface area contributed by atoms with Gasteiger partial charge in [0.05, 0.1) is 36.4 Å². The molecule has 0 radical (unpaired) electrons. The Labute approximate surface area is 446 Å². The molecule has 0 aliphatic carbocycles. The van der Waals surface area contributed by atoms with Gasteiger partial charge in [-0.3, -0.25) is 45.3 Å². The molecule has 12 N–H and O–H groups in total. The van der Waals surface area contributed by atoms with E-state index in [9.17, 15) is 14.4 Å². The minimum absolute atomic E-state index is 0.0792. The Bertz CT molecular complexity index is 2840. The number of benzene rings is 3. The summed E-state index contributed by atoms with van der Waals surface area (Å²) in [6.45, 7) is 19.8. The number of H-pyrrole nitrogens is 3. The number of aromatic amines is 3. The lowest BCUT2D eigenvalue weighted by Gasteiger charge is -2.17. The Morgan fingerprint density at radius 1 is 0.566 bits per heavy atom. The SMILES string of the molecule is CCN(CC)CCCOc1ccc(C)c2cc(C(=O)NC(N)=NC)[nH]c12.CN=C(N)NC(=O)c1cc2c(C)ccc(OCCCN(C)C)c2[nH]1.CN=C(N)NC(=O)c1cc2c(C)ccc(OCCCN3CCCC3)c2[nH]1. The number of nitrogens with one attached hydrogen (secondary N) is 6. The smallest absolute Gasteiger partial charge is 0.274 e. The Kier molecular flexibility index (Phi) is 23.0. The van der Waals surface area contributed by atoms with Gasteiger partial charge in [-0.1, -0.05) is 32.0 Å². The van der Waals surface area contributed by atoms with Crippen LogP contribution in [0.2, 0.25) is 0 Å². The van der Waals surface area contributed by atoms with Gasteiger partial charge in [0.25, 0.3) is 17.7 Å². The van der Waals surface area contributed by atoms with Crippen LogP contribution in [0.15, 0.2) is 69.6 Å².